The van der Waals surface area contributed by atoms with Gasteiger partial charge in [0.05, 0.1) is 11.9 Å². The molecule has 1 N–H and O–H groups in total. The summed E-state index contributed by atoms with van der Waals surface area (Å²) in [4.78, 5) is 12.0. The zero-order chi connectivity index (χ0) is 15.2. The molecule has 0 bridgehead atoms. The molecule has 1 aromatic heterocycles. The molecule has 0 saturated carbocycles. The smallest absolute Gasteiger partial charge is 0.283 e. The Bertz CT molecular complexity index is 655. The maximum atomic E-state index is 12.8. The Labute approximate surface area is 131 Å². The first-order valence-electron chi connectivity index (χ1n) is 6.85. The minimum absolute atomic E-state index is 0.136. The molecule has 0 atom stereocenters. The average molecular weight is 354 g/mol. The third-order valence-corrected chi connectivity index (χ3v) is 3.83. The van der Waals surface area contributed by atoms with Crippen molar-refractivity contribution in [2.45, 2.75) is 26.3 Å². The first-order chi connectivity index (χ1) is 10.1. The van der Waals surface area contributed by atoms with Crippen LogP contribution >= 0.6 is 15.9 Å². The molecule has 0 amide bonds. The first kappa shape index (κ1) is 15.7. The second-order valence-electron chi connectivity index (χ2n) is 4.70. The molecule has 0 spiro atoms. The summed E-state index contributed by atoms with van der Waals surface area (Å²) < 4.78 is 14.7. The number of hydrogen-bond donors (Lipinski definition) is 1. The highest BCUT2D eigenvalue weighted by Gasteiger charge is 2.07. The van der Waals surface area contributed by atoms with E-state index in [1.165, 1.54) is 16.8 Å². The van der Waals surface area contributed by atoms with Gasteiger partial charge in [0.15, 0.2) is 0 Å². The summed E-state index contributed by atoms with van der Waals surface area (Å²) in [5.41, 5.74) is 1.57. The maximum Gasteiger partial charge on any atom is 0.283 e. The molecule has 1 heterocycles. The summed E-state index contributed by atoms with van der Waals surface area (Å²) in [5.74, 6) is -0.238. The van der Waals surface area contributed by atoms with Gasteiger partial charge in [0, 0.05) is 13.1 Å². The maximum absolute atomic E-state index is 12.8. The van der Waals surface area contributed by atoms with E-state index in [0.29, 0.717) is 23.2 Å². The third-order valence-electron chi connectivity index (χ3n) is 3.06. The van der Waals surface area contributed by atoms with E-state index in [1.54, 1.807) is 18.3 Å². The summed E-state index contributed by atoms with van der Waals surface area (Å²) in [7, 11) is 0. The van der Waals surface area contributed by atoms with Crippen molar-refractivity contribution in [1.82, 2.24) is 9.78 Å². The SMILES string of the molecule is CCCn1ncc(NCCc2ccc(F)cc2)c(Br)c1=O. The van der Waals surface area contributed by atoms with Gasteiger partial charge in [0.2, 0.25) is 0 Å². The summed E-state index contributed by atoms with van der Waals surface area (Å²) in [5, 5.41) is 7.30. The lowest BCUT2D eigenvalue weighted by Gasteiger charge is -2.10. The fourth-order valence-electron chi connectivity index (χ4n) is 1.95. The predicted molar refractivity (Wildman–Crippen MR) is 85.1 cm³/mol. The Morgan fingerprint density at radius 1 is 1.33 bits per heavy atom. The summed E-state index contributed by atoms with van der Waals surface area (Å²) in [6.07, 6.45) is 3.24. The van der Waals surface area contributed by atoms with E-state index < -0.39 is 0 Å². The Kier molecular flexibility index (Phi) is 5.50. The number of hydrogen-bond acceptors (Lipinski definition) is 3. The van der Waals surface area contributed by atoms with E-state index in [1.807, 2.05) is 6.92 Å². The van der Waals surface area contributed by atoms with Gasteiger partial charge in [0.1, 0.15) is 10.3 Å². The van der Waals surface area contributed by atoms with Gasteiger partial charge < -0.3 is 5.32 Å². The van der Waals surface area contributed by atoms with Crippen molar-refractivity contribution in [1.29, 1.82) is 0 Å². The highest BCUT2D eigenvalue weighted by Crippen LogP contribution is 2.16. The quantitative estimate of drug-likeness (QED) is 0.867. The van der Waals surface area contributed by atoms with Gasteiger partial charge in [0.25, 0.3) is 5.56 Å². The highest BCUT2D eigenvalue weighted by molar-refractivity contribution is 9.10. The lowest BCUT2D eigenvalue weighted by molar-refractivity contribution is 0.566. The van der Waals surface area contributed by atoms with Crippen LogP contribution in [0.25, 0.3) is 0 Å². The molecule has 0 aliphatic carbocycles. The molecule has 112 valence electrons. The van der Waals surface area contributed by atoms with Crippen LogP contribution in [0.5, 0.6) is 0 Å². The molecule has 2 aromatic rings. The monoisotopic (exact) mass is 353 g/mol. The first-order valence-corrected chi connectivity index (χ1v) is 7.65. The lowest BCUT2D eigenvalue weighted by Crippen LogP contribution is -2.24. The fourth-order valence-corrected chi connectivity index (χ4v) is 2.40. The number of nitrogens with zero attached hydrogens (tertiary/aromatic N) is 2. The van der Waals surface area contributed by atoms with Gasteiger partial charge in [-0.05, 0) is 46.5 Å². The number of halogens is 2. The van der Waals surface area contributed by atoms with E-state index in [0.717, 1.165) is 18.4 Å². The number of aryl methyl sites for hydroxylation is 1. The highest BCUT2D eigenvalue weighted by atomic mass is 79.9. The van der Waals surface area contributed by atoms with E-state index in [2.05, 4.69) is 26.3 Å². The van der Waals surface area contributed by atoms with Crippen LogP contribution in [0.1, 0.15) is 18.9 Å². The van der Waals surface area contributed by atoms with Crippen molar-refractivity contribution in [3.8, 4) is 0 Å². The van der Waals surface area contributed by atoms with E-state index in [4.69, 9.17) is 0 Å². The minimum atomic E-state index is -0.238. The van der Waals surface area contributed by atoms with Crippen molar-refractivity contribution in [3.05, 3.63) is 56.7 Å². The second kappa shape index (κ2) is 7.36. The molecule has 0 aliphatic rings. The molecule has 6 heteroatoms. The number of benzene rings is 1. The Hall–Kier alpha value is -1.69. The Balaban J connectivity index is 1.99. The molecule has 0 fully saturated rings. The van der Waals surface area contributed by atoms with Gasteiger partial charge >= 0.3 is 0 Å². The molecule has 0 radical (unpaired) electrons. The zero-order valence-electron chi connectivity index (χ0n) is 11.8. The summed E-state index contributed by atoms with van der Waals surface area (Å²) in [6, 6.07) is 6.39. The third kappa shape index (κ3) is 4.14. The summed E-state index contributed by atoms with van der Waals surface area (Å²) >= 11 is 3.31. The van der Waals surface area contributed by atoms with Crippen LogP contribution in [0.2, 0.25) is 0 Å². The number of nitrogens with one attached hydrogen (secondary N) is 1. The molecule has 0 saturated heterocycles. The zero-order valence-corrected chi connectivity index (χ0v) is 13.4. The summed E-state index contributed by atoms with van der Waals surface area (Å²) in [6.45, 7) is 3.24. The van der Waals surface area contributed by atoms with Crippen LogP contribution in [0.15, 0.2) is 39.7 Å². The molecule has 0 unspecified atom stereocenters. The van der Waals surface area contributed by atoms with E-state index in [-0.39, 0.29) is 11.4 Å². The van der Waals surface area contributed by atoms with E-state index >= 15 is 0 Å². The molecule has 21 heavy (non-hydrogen) atoms. The molecule has 1 aromatic carbocycles. The Morgan fingerprint density at radius 2 is 2.05 bits per heavy atom. The molecule has 0 aliphatic heterocycles. The van der Waals surface area contributed by atoms with Crippen molar-refractivity contribution >= 4 is 21.6 Å². The van der Waals surface area contributed by atoms with Gasteiger partial charge in [-0.3, -0.25) is 4.79 Å². The standard InChI is InChI=1S/C15H17BrFN3O/c1-2-9-20-15(21)14(16)13(10-19-20)18-8-7-11-3-5-12(17)6-4-11/h3-6,10,18H,2,7-9H2,1H3. The molecular weight excluding hydrogens is 337 g/mol. The molecule has 2 rings (SSSR count). The van der Waals surface area contributed by atoms with Crippen molar-refractivity contribution < 1.29 is 4.39 Å². The van der Waals surface area contributed by atoms with Crippen molar-refractivity contribution in [2.75, 3.05) is 11.9 Å². The largest absolute Gasteiger partial charge is 0.382 e. The minimum Gasteiger partial charge on any atom is -0.382 e. The second-order valence-corrected chi connectivity index (χ2v) is 5.50. The Morgan fingerprint density at radius 3 is 2.71 bits per heavy atom. The van der Waals surface area contributed by atoms with Crippen molar-refractivity contribution in [3.63, 3.8) is 0 Å². The topological polar surface area (TPSA) is 46.9 Å². The van der Waals surface area contributed by atoms with Gasteiger partial charge in [-0.25, -0.2) is 9.07 Å². The predicted octanol–water partition coefficient (Wildman–Crippen LogP) is 3.21. The lowest BCUT2D eigenvalue weighted by atomic mass is 10.1. The van der Waals surface area contributed by atoms with Crippen LogP contribution in [0.4, 0.5) is 10.1 Å². The molecular formula is C15H17BrFN3O. The number of anilines is 1. The van der Waals surface area contributed by atoms with Gasteiger partial charge in [-0.2, -0.15) is 5.10 Å². The fraction of sp³-hybridized carbons (Fsp3) is 0.333. The van der Waals surface area contributed by atoms with E-state index in [9.17, 15) is 9.18 Å². The van der Waals surface area contributed by atoms with Gasteiger partial charge in [-0.1, -0.05) is 19.1 Å². The average Bonchev–Trinajstić information content (AvgIpc) is 2.48. The molecule has 4 nitrogen and oxygen atoms in total. The van der Waals surface area contributed by atoms with Crippen LogP contribution in [-0.4, -0.2) is 16.3 Å². The van der Waals surface area contributed by atoms with Crippen LogP contribution in [0.3, 0.4) is 0 Å². The normalized spacial score (nSPS) is 10.6. The van der Waals surface area contributed by atoms with Crippen molar-refractivity contribution in [2.24, 2.45) is 0 Å². The number of rotatable bonds is 6. The van der Waals surface area contributed by atoms with Gasteiger partial charge in [-0.15, -0.1) is 0 Å². The van der Waals surface area contributed by atoms with Crippen LogP contribution in [0, 0.1) is 5.82 Å². The van der Waals surface area contributed by atoms with Crippen LogP contribution < -0.4 is 10.9 Å². The van der Waals surface area contributed by atoms with Crippen LogP contribution in [-0.2, 0) is 13.0 Å². The number of aromatic nitrogens is 2.